The number of hydrogen-bond donors (Lipinski definition) is 3. The molecular weight excluding hydrogens is 426 g/mol. The lowest BCUT2D eigenvalue weighted by molar-refractivity contribution is -0.139. The predicted molar refractivity (Wildman–Crippen MR) is 100 cm³/mol. The lowest BCUT2D eigenvalue weighted by Gasteiger charge is -2.08. The van der Waals surface area contributed by atoms with E-state index in [0.717, 1.165) is 11.3 Å². The Morgan fingerprint density at radius 1 is 1.19 bits per heavy atom. The van der Waals surface area contributed by atoms with Crippen molar-refractivity contribution in [3.05, 3.63) is 39.2 Å². The number of nitrogens with one attached hydrogen (secondary N) is 1. The first-order valence-electron chi connectivity index (χ1n) is 7.52. The Kier molecular flexibility index (Phi) is 6.38. The number of ether oxygens (including phenoxy) is 1. The molecule has 2 rings (SSSR count). The molecule has 0 saturated heterocycles. The quantitative estimate of drug-likeness (QED) is 0.605. The van der Waals surface area contributed by atoms with E-state index < -0.39 is 18.5 Å². The molecule has 0 atom stereocenters. The van der Waals surface area contributed by atoms with Gasteiger partial charge >= 0.3 is 11.9 Å². The van der Waals surface area contributed by atoms with E-state index in [-0.39, 0.29) is 22.6 Å². The van der Waals surface area contributed by atoms with E-state index in [9.17, 15) is 19.5 Å². The molecule has 0 aliphatic heterocycles. The number of amides is 1. The van der Waals surface area contributed by atoms with Gasteiger partial charge < -0.3 is 20.3 Å². The summed E-state index contributed by atoms with van der Waals surface area (Å²) >= 11 is 4.25. The van der Waals surface area contributed by atoms with Crippen molar-refractivity contribution in [2.45, 2.75) is 19.9 Å². The van der Waals surface area contributed by atoms with Crippen molar-refractivity contribution in [2.24, 2.45) is 0 Å². The SMILES string of the molecule is CC(C)NC(=O)c1ccc(-c2sc(C(=O)O)c(OCC(=O)O)c2Br)cc1. The molecule has 0 fully saturated rings. The summed E-state index contributed by atoms with van der Waals surface area (Å²) in [6.45, 7) is 3.07. The smallest absolute Gasteiger partial charge is 0.349 e. The molecule has 0 aliphatic rings. The monoisotopic (exact) mass is 441 g/mol. The van der Waals surface area contributed by atoms with Gasteiger partial charge in [-0.3, -0.25) is 4.79 Å². The van der Waals surface area contributed by atoms with Gasteiger partial charge in [-0.2, -0.15) is 0 Å². The van der Waals surface area contributed by atoms with E-state index in [1.54, 1.807) is 24.3 Å². The number of carbonyl (C=O) groups is 3. The van der Waals surface area contributed by atoms with Gasteiger partial charge in [0.05, 0.1) is 9.35 Å². The molecule has 7 nitrogen and oxygen atoms in total. The van der Waals surface area contributed by atoms with Crippen LogP contribution in [0, 0.1) is 0 Å². The van der Waals surface area contributed by atoms with Gasteiger partial charge in [0.25, 0.3) is 5.91 Å². The summed E-state index contributed by atoms with van der Waals surface area (Å²) < 4.78 is 5.48. The molecule has 0 unspecified atom stereocenters. The standard InChI is InChI=1S/C17H16BrNO6S/c1-8(2)19-16(22)10-5-3-9(4-6-10)14-12(18)13(25-7-11(20)21)15(26-14)17(23)24/h3-6,8H,7H2,1-2H3,(H,19,22)(H,20,21)(H,23,24). The van der Waals surface area contributed by atoms with E-state index >= 15 is 0 Å². The summed E-state index contributed by atoms with van der Waals surface area (Å²) in [6, 6.07) is 6.67. The van der Waals surface area contributed by atoms with Crippen molar-refractivity contribution in [3.8, 4) is 16.2 Å². The molecule has 138 valence electrons. The number of aromatic carboxylic acids is 1. The van der Waals surface area contributed by atoms with Crippen LogP contribution in [0.3, 0.4) is 0 Å². The van der Waals surface area contributed by atoms with Gasteiger partial charge in [-0.25, -0.2) is 9.59 Å². The van der Waals surface area contributed by atoms with Crippen molar-refractivity contribution in [1.82, 2.24) is 5.32 Å². The Hall–Kier alpha value is -2.39. The van der Waals surface area contributed by atoms with Gasteiger partial charge in [0.1, 0.15) is 0 Å². The summed E-state index contributed by atoms with van der Waals surface area (Å²) in [5, 5.41) is 20.9. The second-order valence-electron chi connectivity index (χ2n) is 5.60. The van der Waals surface area contributed by atoms with Gasteiger partial charge in [0.2, 0.25) is 0 Å². The molecule has 3 N–H and O–H groups in total. The highest BCUT2D eigenvalue weighted by atomic mass is 79.9. The number of hydrogen-bond acceptors (Lipinski definition) is 5. The van der Waals surface area contributed by atoms with Crippen molar-refractivity contribution in [2.75, 3.05) is 6.61 Å². The van der Waals surface area contributed by atoms with Crippen LogP contribution in [0.1, 0.15) is 33.9 Å². The molecule has 1 aromatic heterocycles. The van der Waals surface area contributed by atoms with E-state index in [4.69, 9.17) is 9.84 Å². The number of carbonyl (C=O) groups excluding carboxylic acids is 1. The van der Waals surface area contributed by atoms with Crippen LogP contribution in [0.4, 0.5) is 0 Å². The number of halogens is 1. The molecule has 0 spiro atoms. The molecule has 1 aromatic carbocycles. The first-order chi connectivity index (χ1) is 12.2. The van der Waals surface area contributed by atoms with E-state index in [1.807, 2.05) is 13.8 Å². The number of benzene rings is 1. The zero-order valence-electron chi connectivity index (χ0n) is 13.9. The Balaban J connectivity index is 2.36. The second-order valence-corrected chi connectivity index (χ2v) is 7.41. The Morgan fingerprint density at radius 2 is 1.81 bits per heavy atom. The van der Waals surface area contributed by atoms with Crippen molar-refractivity contribution >= 4 is 45.1 Å². The summed E-state index contributed by atoms with van der Waals surface area (Å²) in [7, 11) is 0. The molecular formula is C17H16BrNO6S. The zero-order chi connectivity index (χ0) is 19.4. The maximum atomic E-state index is 12.0. The molecule has 26 heavy (non-hydrogen) atoms. The van der Waals surface area contributed by atoms with E-state index in [1.165, 1.54) is 0 Å². The van der Waals surface area contributed by atoms with E-state index in [2.05, 4.69) is 21.2 Å². The molecule has 2 aromatic rings. The van der Waals surface area contributed by atoms with Crippen LogP contribution in [-0.2, 0) is 4.79 Å². The van der Waals surface area contributed by atoms with Crippen LogP contribution in [0.15, 0.2) is 28.7 Å². The van der Waals surface area contributed by atoms with Gasteiger partial charge in [-0.05, 0) is 47.5 Å². The Labute approximate surface area is 161 Å². The Morgan fingerprint density at radius 3 is 2.31 bits per heavy atom. The van der Waals surface area contributed by atoms with Crippen LogP contribution < -0.4 is 10.1 Å². The van der Waals surface area contributed by atoms with Crippen LogP contribution in [0.2, 0.25) is 0 Å². The number of carboxylic acid groups (broad SMARTS) is 2. The Bertz CT molecular complexity index is 844. The van der Waals surface area contributed by atoms with Gasteiger partial charge in [0.15, 0.2) is 17.2 Å². The average molecular weight is 442 g/mol. The minimum atomic E-state index is -1.21. The number of aliphatic carboxylic acids is 1. The average Bonchev–Trinajstić information content (AvgIpc) is 2.89. The van der Waals surface area contributed by atoms with Gasteiger partial charge in [0, 0.05) is 11.6 Å². The van der Waals surface area contributed by atoms with Crippen molar-refractivity contribution < 1.29 is 29.3 Å². The predicted octanol–water partition coefficient (Wildman–Crippen LogP) is 3.48. The van der Waals surface area contributed by atoms with Crippen LogP contribution in [0.5, 0.6) is 5.75 Å². The number of rotatable bonds is 7. The third-order valence-electron chi connectivity index (χ3n) is 3.17. The highest BCUT2D eigenvalue weighted by molar-refractivity contribution is 9.10. The van der Waals surface area contributed by atoms with Crippen molar-refractivity contribution in [3.63, 3.8) is 0 Å². The maximum Gasteiger partial charge on any atom is 0.349 e. The lowest BCUT2D eigenvalue weighted by Crippen LogP contribution is -2.29. The third kappa shape index (κ3) is 4.61. The highest BCUT2D eigenvalue weighted by Gasteiger charge is 2.24. The van der Waals surface area contributed by atoms with Crippen molar-refractivity contribution in [1.29, 1.82) is 0 Å². The topological polar surface area (TPSA) is 113 Å². The summed E-state index contributed by atoms with van der Waals surface area (Å²) in [6.07, 6.45) is 0. The minimum absolute atomic E-state index is 0.0145. The fourth-order valence-electron chi connectivity index (χ4n) is 2.10. The fourth-order valence-corrected chi connectivity index (χ4v) is 4.00. The van der Waals surface area contributed by atoms with E-state index in [0.29, 0.717) is 20.5 Å². The summed E-state index contributed by atoms with van der Waals surface area (Å²) in [5.41, 5.74) is 1.16. The molecule has 1 heterocycles. The summed E-state index contributed by atoms with van der Waals surface area (Å²) in [5.74, 6) is -2.65. The molecule has 0 aliphatic carbocycles. The number of carboxylic acids is 2. The molecule has 0 saturated carbocycles. The first kappa shape index (κ1) is 19.9. The van der Waals surface area contributed by atoms with Crippen LogP contribution in [-0.4, -0.2) is 40.7 Å². The van der Waals surface area contributed by atoms with Gasteiger partial charge in [-0.1, -0.05) is 12.1 Å². The highest BCUT2D eigenvalue weighted by Crippen LogP contribution is 2.45. The zero-order valence-corrected chi connectivity index (χ0v) is 16.3. The molecule has 9 heteroatoms. The van der Waals surface area contributed by atoms with Crippen LogP contribution in [0.25, 0.3) is 10.4 Å². The van der Waals surface area contributed by atoms with Gasteiger partial charge in [-0.15, -0.1) is 11.3 Å². The third-order valence-corrected chi connectivity index (χ3v) is 5.40. The largest absolute Gasteiger partial charge is 0.479 e. The van der Waals surface area contributed by atoms with Crippen LogP contribution >= 0.6 is 27.3 Å². The summed E-state index contributed by atoms with van der Waals surface area (Å²) in [4.78, 5) is 34.6. The molecule has 0 bridgehead atoms. The fraction of sp³-hybridized carbons (Fsp3) is 0.235. The minimum Gasteiger partial charge on any atom is -0.479 e. The lowest BCUT2D eigenvalue weighted by atomic mass is 10.1. The normalized spacial score (nSPS) is 10.6. The second kappa shape index (κ2) is 8.33. The molecule has 0 radical (unpaired) electrons. The maximum absolute atomic E-state index is 12.0. The first-order valence-corrected chi connectivity index (χ1v) is 9.13. The number of thiophene rings is 1. The molecule has 1 amide bonds.